The molecule has 0 aliphatic heterocycles. The number of thiazole rings is 1. The standard InChI is InChI=1S/C16H10N4O3S2/c21-20(22)11-5-3-4-10(8-11)15-18-14(23-19-15)9-24-16-17-12-6-1-2-7-13(12)25-16/h1-8H,9H2. The second-order valence-corrected chi connectivity index (χ2v) is 7.31. The SMILES string of the molecule is O=[N+]([O-])c1cccc(-c2noc(CSc3nc4ccccc4s3)n2)c1. The van der Waals surface area contributed by atoms with E-state index in [1.165, 1.54) is 23.9 Å². The summed E-state index contributed by atoms with van der Waals surface area (Å²) in [5.41, 5.74) is 1.51. The minimum Gasteiger partial charge on any atom is -0.338 e. The average molecular weight is 370 g/mol. The first-order valence-corrected chi connectivity index (χ1v) is 9.05. The molecule has 0 aliphatic rings. The van der Waals surface area contributed by atoms with Gasteiger partial charge in [-0.05, 0) is 12.1 Å². The van der Waals surface area contributed by atoms with Gasteiger partial charge in [0.25, 0.3) is 5.69 Å². The minimum absolute atomic E-state index is 0.00676. The highest BCUT2D eigenvalue weighted by atomic mass is 32.2. The Morgan fingerprint density at radius 1 is 1.16 bits per heavy atom. The number of fused-ring (bicyclic) bond motifs is 1. The smallest absolute Gasteiger partial charge is 0.270 e. The number of hydrogen-bond acceptors (Lipinski definition) is 8. The van der Waals surface area contributed by atoms with Gasteiger partial charge in [-0.2, -0.15) is 4.98 Å². The van der Waals surface area contributed by atoms with Gasteiger partial charge < -0.3 is 4.52 Å². The molecule has 0 fully saturated rings. The molecule has 0 bridgehead atoms. The van der Waals surface area contributed by atoms with Crippen molar-refractivity contribution in [3.05, 3.63) is 64.5 Å². The summed E-state index contributed by atoms with van der Waals surface area (Å²) in [5.74, 6) is 1.27. The van der Waals surface area contributed by atoms with Crippen molar-refractivity contribution in [2.24, 2.45) is 0 Å². The van der Waals surface area contributed by atoms with Crippen LogP contribution in [0.5, 0.6) is 0 Å². The summed E-state index contributed by atoms with van der Waals surface area (Å²) < 4.78 is 7.30. The highest BCUT2D eigenvalue weighted by Gasteiger charge is 2.13. The molecular formula is C16H10N4O3S2. The molecule has 25 heavy (non-hydrogen) atoms. The zero-order valence-corrected chi connectivity index (χ0v) is 14.3. The second kappa shape index (κ2) is 6.61. The largest absolute Gasteiger partial charge is 0.338 e. The summed E-state index contributed by atoms with van der Waals surface area (Å²) in [6, 6.07) is 14.1. The zero-order chi connectivity index (χ0) is 17.2. The van der Waals surface area contributed by atoms with Crippen LogP contribution in [0, 0.1) is 10.1 Å². The number of nitro groups is 1. The second-order valence-electron chi connectivity index (χ2n) is 5.06. The van der Waals surface area contributed by atoms with Gasteiger partial charge in [-0.15, -0.1) is 11.3 Å². The fraction of sp³-hybridized carbons (Fsp3) is 0.0625. The van der Waals surface area contributed by atoms with Crippen LogP contribution < -0.4 is 0 Å². The number of thioether (sulfide) groups is 1. The Labute approximate surface area is 149 Å². The monoisotopic (exact) mass is 370 g/mol. The minimum atomic E-state index is -0.451. The molecule has 0 spiro atoms. The van der Waals surface area contributed by atoms with E-state index < -0.39 is 4.92 Å². The van der Waals surface area contributed by atoms with Gasteiger partial charge in [0.05, 0.1) is 20.9 Å². The summed E-state index contributed by atoms with van der Waals surface area (Å²) in [6.45, 7) is 0. The van der Waals surface area contributed by atoms with Crippen LogP contribution in [-0.2, 0) is 5.75 Å². The first-order valence-electron chi connectivity index (χ1n) is 7.25. The quantitative estimate of drug-likeness (QED) is 0.289. The molecule has 4 rings (SSSR count). The molecule has 0 amide bonds. The molecule has 124 valence electrons. The van der Waals surface area contributed by atoms with Gasteiger partial charge in [0.1, 0.15) is 0 Å². The summed E-state index contributed by atoms with van der Waals surface area (Å²) in [7, 11) is 0. The Morgan fingerprint density at radius 2 is 2.04 bits per heavy atom. The number of rotatable bonds is 5. The van der Waals surface area contributed by atoms with Gasteiger partial charge in [-0.3, -0.25) is 10.1 Å². The van der Waals surface area contributed by atoms with Crippen molar-refractivity contribution in [2.75, 3.05) is 0 Å². The number of para-hydroxylation sites is 1. The van der Waals surface area contributed by atoms with Crippen LogP contribution in [0.25, 0.3) is 21.6 Å². The molecule has 2 aromatic heterocycles. The fourth-order valence-corrected chi connectivity index (χ4v) is 4.13. The van der Waals surface area contributed by atoms with E-state index in [0.29, 0.717) is 23.0 Å². The van der Waals surface area contributed by atoms with Gasteiger partial charge in [-0.25, -0.2) is 4.98 Å². The third-order valence-electron chi connectivity index (χ3n) is 3.38. The topological polar surface area (TPSA) is 95.0 Å². The molecule has 2 heterocycles. The fourth-order valence-electron chi connectivity index (χ4n) is 2.23. The van der Waals surface area contributed by atoms with Crippen molar-refractivity contribution >= 4 is 39.0 Å². The van der Waals surface area contributed by atoms with Crippen LogP contribution >= 0.6 is 23.1 Å². The highest BCUT2D eigenvalue weighted by molar-refractivity contribution is 8.00. The van der Waals surface area contributed by atoms with E-state index in [-0.39, 0.29) is 5.69 Å². The molecule has 0 atom stereocenters. The first kappa shape index (κ1) is 15.7. The Morgan fingerprint density at radius 3 is 2.88 bits per heavy atom. The van der Waals surface area contributed by atoms with Crippen molar-refractivity contribution in [3.63, 3.8) is 0 Å². The van der Waals surface area contributed by atoms with E-state index in [1.54, 1.807) is 23.5 Å². The maximum atomic E-state index is 10.9. The van der Waals surface area contributed by atoms with E-state index in [2.05, 4.69) is 15.1 Å². The summed E-state index contributed by atoms with van der Waals surface area (Å²) >= 11 is 3.13. The van der Waals surface area contributed by atoms with E-state index in [9.17, 15) is 10.1 Å². The maximum absolute atomic E-state index is 10.9. The molecule has 0 radical (unpaired) electrons. The lowest BCUT2D eigenvalue weighted by Crippen LogP contribution is -1.89. The van der Waals surface area contributed by atoms with Crippen molar-refractivity contribution in [2.45, 2.75) is 10.1 Å². The van der Waals surface area contributed by atoms with Crippen molar-refractivity contribution in [1.29, 1.82) is 0 Å². The lowest BCUT2D eigenvalue weighted by atomic mass is 10.2. The van der Waals surface area contributed by atoms with Gasteiger partial charge in [0.15, 0.2) is 4.34 Å². The summed E-state index contributed by atoms with van der Waals surface area (Å²) in [6.07, 6.45) is 0. The van der Waals surface area contributed by atoms with Crippen molar-refractivity contribution < 1.29 is 9.45 Å². The molecule has 0 unspecified atom stereocenters. The van der Waals surface area contributed by atoms with Crippen LogP contribution in [0.2, 0.25) is 0 Å². The van der Waals surface area contributed by atoms with E-state index in [4.69, 9.17) is 4.52 Å². The Hall–Kier alpha value is -2.78. The third-order valence-corrected chi connectivity index (χ3v) is 5.54. The predicted octanol–water partition coefficient (Wildman–Crippen LogP) is 4.55. The number of benzene rings is 2. The molecule has 0 aliphatic carbocycles. The molecule has 9 heteroatoms. The average Bonchev–Trinajstić information content (AvgIpc) is 3.26. The molecule has 0 saturated heterocycles. The van der Waals surface area contributed by atoms with E-state index in [0.717, 1.165) is 14.6 Å². The lowest BCUT2D eigenvalue weighted by Gasteiger charge is -1.94. The maximum Gasteiger partial charge on any atom is 0.270 e. The predicted molar refractivity (Wildman–Crippen MR) is 95.6 cm³/mol. The summed E-state index contributed by atoms with van der Waals surface area (Å²) in [5, 5.41) is 14.8. The number of aromatic nitrogens is 3. The molecule has 0 saturated carbocycles. The normalized spacial score (nSPS) is 11.0. The van der Waals surface area contributed by atoms with Crippen LogP contribution in [0.3, 0.4) is 0 Å². The number of hydrogen-bond donors (Lipinski definition) is 0. The van der Waals surface area contributed by atoms with Crippen LogP contribution in [-0.4, -0.2) is 20.0 Å². The zero-order valence-electron chi connectivity index (χ0n) is 12.7. The first-order chi connectivity index (χ1) is 12.2. The molecule has 0 N–H and O–H groups in total. The molecule has 7 nitrogen and oxygen atoms in total. The van der Waals surface area contributed by atoms with Gasteiger partial charge in [0, 0.05) is 17.7 Å². The van der Waals surface area contributed by atoms with Crippen LogP contribution in [0.4, 0.5) is 5.69 Å². The third kappa shape index (κ3) is 3.37. The molecular weight excluding hydrogens is 360 g/mol. The van der Waals surface area contributed by atoms with E-state index >= 15 is 0 Å². The van der Waals surface area contributed by atoms with Gasteiger partial charge in [-0.1, -0.05) is 41.2 Å². The van der Waals surface area contributed by atoms with Crippen molar-refractivity contribution in [1.82, 2.24) is 15.1 Å². The molecule has 4 aromatic rings. The molecule has 2 aromatic carbocycles. The summed E-state index contributed by atoms with van der Waals surface area (Å²) in [4.78, 5) is 19.3. The Bertz CT molecular complexity index is 1030. The number of non-ortho nitro benzene ring substituents is 1. The van der Waals surface area contributed by atoms with Crippen LogP contribution in [0.15, 0.2) is 57.4 Å². The van der Waals surface area contributed by atoms with Crippen molar-refractivity contribution in [3.8, 4) is 11.4 Å². The lowest BCUT2D eigenvalue weighted by molar-refractivity contribution is -0.384. The van der Waals surface area contributed by atoms with Crippen LogP contribution in [0.1, 0.15) is 5.89 Å². The number of nitrogens with zero attached hydrogens (tertiary/aromatic N) is 4. The number of nitro benzene ring substituents is 1. The Kier molecular flexibility index (Phi) is 4.16. The highest BCUT2D eigenvalue weighted by Crippen LogP contribution is 2.31. The van der Waals surface area contributed by atoms with Gasteiger partial charge >= 0.3 is 0 Å². The van der Waals surface area contributed by atoms with Gasteiger partial charge in [0.2, 0.25) is 11.7 Å². The van der Waals surface area contributed by atoms with E-state index in [1.807, 2.05) is 24.3 Å². The Balaban J connectivity index is 1.49.